The van der Waals surface area contributed by atoms with E-state index in [2.05, 4.69) is 39.0 Å². The van der Waals surface area contributed by atoms with Crippen LogP contribution < -0.4 is 0 Å². The molecule has 0 aliphatic heterocycles. The van der Waals surface area contributed by atoms with Crippen molar-refractivity contribution in [2.24, 2.45) is 0 Å². The number of hydrogen-bond acceptors (Lipinski definition) is 2. The molecule has 0 atom stereocenters. The minimum atomic E-state index is 0.0568. The summed E-state index contributed by atoms with van der Waals surface area (Å²) in [5.74, 6) is 0. The Hall–Kier alpha value is -1.33. The Morgan fingerprint density at radius 1 is 1.10 bits per heavy atom. The van der Waals surface area contributed by atoms with E-state index in [-0.39, 0.29) is 11.0 Å². The zero-order chi connectivity index (χ0) is 15.3. The van der Waals surface area contributed by atoms with Crippen molar-refractivity contribution in [3.63, 3.8) is 0 Å². The van der Waals surface area contributed by atoms with E-state index in [1.54, 1.807) is 0 Å². The molecule has 21 heavy (non-hydrogen) atoms. The molecule has 1 fully saturated rings. The molecule has 1 aliphatic carbocycles. The largest absolute Gasteiger partial charge is 0.375 e. The second kappa shape index (κ2) is 6.62. The summed E-state index contributed by atoms with van der Waals surface area (Å²) in [6.45, 7) is 7.58. The predicted octanol–water partition coefficient (Wildman–Crippen LogP) is 4.97. The highest BCUT2D eigenvalue weighted by atomic mass is 16.5. The Morgan fingerprint density at radius 3 is 2.19 bits per heavy atom. The van der Waals surface area contributed by atoms with Gasteiger partial charge in [-0.25, -0.2) is 0 Å². The molecule has 0 bridgehead atoms. The van der Waals surface area contributed by atoms with Gasteiger partial charge < -0.3 is 4.74 Å². The molecule has 0 heterocycles. The molecule has 2 nitrogen and oxygen atoms in total. The highest BCUT2D eigenvalue weighted by molar-refractivity contribution is 5.35. The van der Waals surface area contributed by atoms with Gasteiger partial charge in [0.25, 0.3) is 0 Å². The molecule has 1 aromatic carbocycles. The molecule has 2 heteroatoms. The standard InChI is InChI=1S/C19H27NO/c1-4-14-21-18(3)10-12-19(5-2,13-11-18)17-8-6-16(15-20)7-9-17/h6-9H,4-5,10-14H2,1-3H3. The van der Waals surface area contributed by atoms with Crippen molar-refractivity contribution >= 4 is 0 Å². The lowest BCUT2D eigenvalue weighted by molar-refractivity contribution is -0.0691. The van der Waals surface area contributed by atoms with E-state index in [9.17, 15) is 0 Å². The van der Waals surface area contributed by atoms with E-state index >= 15 is 0 Å². The maximum Gasteiger partial charge on any atom is 0.0991 e. The van der Waals surface area contributed by atoms with E-state index < -0.39 is 0 Å². The monoisotopic (exact) mass is 285 g/mol. The molecule has 0 saturated heterocycles. The summed E-state index contributed by atoms with van der Waals surface area (Å²) in [6.07, 6.45) is 6.85. The van der Waals surface area contributed by atoms with E-state index in [0.29, 0.717) is 0 Å². The molecule has 0 amide bonds. The van der Waals surface area contributed by atoms with Crippen molar-refractivity contribution in [1.82, 2.24) is 0 Å². The summed E-state index contributed by atoms with van der Waals surface area (Å²) in [4.78, 5) is 0. The number of benzene rings is 1. The van der Waals surface area contributed by atoms with Gasteiger partial charge >= 0.3 is 0 Å². The lowest BCUT2D eigenvalue weighted by Gasteiger charge is -2.45. The van der Waals surface area contributed by atoms with Crippen molar-refractivity contribution in [1.29, 1.82) is 5.26 Å². The van der Waals surface area contributed by atoms with Crippen LogP contribution in [0.2, 0.25) is 0 Å². The molecule has 0 unspecified atom stereocenters. The first-order valence-corrected chi connectivity index (χ1v) is 8.22. The van der Waals surface area contributed by atoms with Crippen LogP contribution in [0.15, 0.2) is 24.3 Å². The number of hydrogen-bond donors (Lipinski definition) is 0. The van der Waals surface area contributed by atoms with Crippen molar-refractivity contribution in [3.8, 4) is 6.07 Å². The van der Waals surface area contributed by atoms with E-state index in [1.807, 2.05) is 12.1 Å². The van der Waals surface area contributed by atoms with Crippen LogP contribution >= 0.6 is 0 Å². The number of nitrogens with zero attached hydrogens (tertiary/aromatic N) is 1. The average molecular weight is 285 g/mol. The van der Waals surface area contributed by atoms with Crippen LogP contribution in [0.1, 0.15) is 70.4 Å². The number of rotatable bonds is 5. The summed E-state index contributed by atoms with van der Waals surface area (Å²) in [6, 6.07) is 10.4. The summed E-state index contributed by atoms with van der Waals surface area (Å²) in [5.41, 5.74) is 2.46. The first-order chi connectivity index (χ1) is 10.1. The molecular weight excluding hydrogens is 258 g/mol. The Bertz CT molecular complexity index is 489. The van der Waals surface area contributed by atoms with Gasteiger partial charge in [-0.15, -0.1) is 0 Å². The third-order valence-electron chi connectivity index (χ3n) is 5.22. The molecule has 0 aromatic heterocycles. The summed E-state index contributed by atoms with van der Waals surface area (Å²) in [7, 11) is 0. The van der Waals surface area contributed by atoms with Crippen molar-refractivity contribution in [2.45, 2.75) is 70.3 Å². The van der Waals surface area contributed by atoms with Gasteiger partial charge in [-0.3, -0.25) is 0 Å². The Labute approximate surface area is 129 Å². The zero-order valence-electron chi connectivity index (χ0n) is 13.6. The molecule has 1 aromatic rings. The summed E-state index contributed by atoms with van der Waals surface area (Å²) >= 11 is 0. The number of nitriles is 1. The molecule has 1 saturated carbocycles. The highest BCUT2D eigenvalue weighted by Gasteiger charge is 2.40. The minimum Gasteiger partial charge on any atom is -0.375 e. The average Bonchev–Trinajstić information content (AvgIpc) is 2.54. The zero-order valence-corrected chi connectivity index (χ0v) is 13.6. The van der Waals surface area contributed by atoms with Gasteiger partial charge in [0.05, 0.1) is 17.2 Å². The van der Waals surface area contributed by atoms with Gasteiger partial charge in [0.1, 0.15) is 0 Å². The topological polar surface area (TPSA) is 33.0 Å². The maximum atomic E-state index is 8.94. The van der Waals surface area contributed by atoms with Gasteiger partial charge in [0, 0.05) is 6.61 Å². The van der Waals surface area contributed by atoms with Crippen LogP contribution in [0, 0.1) is 11.3 Å². The lowest BCUT2D eigenvalue weighted by atomic mass is 9.64. The third kappa shape index (κ3) is 3.47. The van der Waals surface area contributed by atoms with E-state index in [4.69, 9.17) is 10.00 Å². The first kappa shape index (κ1) is 16.0. The second-order valence-electron chi connectivity index (χ2n) is 6.62. The molecular formula is C19H27NO. The smallest absolute Gasteiger partial charge is 0.0991 e. The molecule has 0 N–H and O–H groups in total. The van der Waals surface area contributed by atoms with E-state index in [0.717, 1.165) is 37.9 Å². The fourth-order valence-electron chi connectivity index (χ4n) is 3.49. The minimum absolute atomic E-state index is 0.0568. The van der Waals surface area contributed by atoms with Crippen LogP contribution in [0.5, 0.6) is 0 Å². The SMILES string of the molecule is CCCOC1(C)CCC(CC)(c2ccc(C#N)cc2)CC1. The lowest BCUT2D eigenvalue weighted by Crippen LogP contribution is -2.41. The molecule has 1 aliphatic rings. The van der Waals surface area contributed by atoms with Gasteiger partial charge in [0.2, 0.25) is 0 Å². The Balaban J connectivity index is 2.12. The van der Waals surface area contributed by atoms with Crippen LogP contribution in [-0.2, 0) is 10.2 Å². The Morgan fingerprint density at radius 2 is 1.71 bits per heavy atom. The Kier molecular flexibility index (Phi) is 5.06. The van der Waals surface area contributed by atoms with Crippen LogP contribution in [0.4, 0.5) is 0 Å². The van der Waals surface area contributed by atoms with Gasteiger partial charge in [-0.2, -0.15) is 5.26 Å². The second-order valence-corrected chi connectivity index (χ2v) is 6.62. The molecule has 0 radical (unpaired) electrons. The van der Waals surface area contributed by atoms with Crippen molar-refractivity contribution < 1.29 is 4.74 Å². The fraction of sp³-hybridized carbons (Fsp3) is 0.632. The van der Waals surface area contributed by atoms with Gasteiger partial charge in [0.15, 0.2) is 0 Å². The fourth-order valence-corrected chi connectivity index (χ4v) is 3.49. The number of ether oxygens (including phenoxy) is 1. The van der Waals surface area contributed by atoms with Gasteiger partial charge in [-0.05, 0) is 68.6 Å². The summed E-state index contributed by atoms with van der Waals surface area (Å²) in [5, 5.41) is 8.94. The van der Waals surface area contributed by atoms with Crippen LogP contribution in [0.3, 0.4) is 0 Å². The van der Waals surface area contributed by atoms with Crippen LogP contribution in [-0.4, -0.2) is 12.2 Å². The van der Waals surface area contributed by atoms with E-state index in [1.165, 1.54) is 18.4 Å². The van der Waals surface area contributed by atoms with Gasteiger partial charge in [-0.1, -0.05) is 26.0 Å². The normalized spacial score (nSPS) is 29.0. The van der Waals surface area contributed by atoms with Crippen LogP contribution in [0.25, 0.3) is 0 Å². The maximum absolute atomic E-state index is 8.94. The molecule has 114 valence electrons. The van der Waals surface area contributed by atoms with Crippen molar-refractivity contribution in [2.75, 3.05) is 6.61 Å². The molecule has 2 rings (SSSR count). The first-order valence-electron chi connectivity index (χ1n) is 8.22. The summed E-state index contributed by atoms with van der Waals surface area (Å²) < 4.78 is 6.09. The molecule has 0 spiro atoms. The van der Waals surface area contributed by atoms with Crippen molar-refractivity contribution in [3.05, 3.63) is 35.4 Å². The predicted molar refractivity (Wildman–Crippen MR) is 86.2 cm³/mol. The third-order valence-corrected chi connectivity index (χ3v) is 5.22. The quantitative estimate of drug-likeness (QED) is 0.765. The highest BCUT2D eigenvalue weighted by Crippen LogP contribution is 2.46.